The van der Waals surface area contributed by atoms with E-state index in [1.165, 1.54) is 6.08 Å². The van der Waals surface area contributed by atoms with E-state index >= 15 is 0 Å². The minimum Gasteiger partial charge on any atom is -0.353 e. The summed E-state index contributed by atoms with van der Waals surface area (Å²) in [4.78, 5) is 32.5. The highest BCUT2D eigenvalue weighted by molar-refractivity contribution is 5.92. The van der Waals surface area contributed by atoms with Crippen LogP contribution < -0.4 is 10.2 Å². The fourth-order valence-electron chi connectivity index (χ4n) is 2.97. The molecule has 0 radical (unpaired) electrons. The van der Waals surface area contributed by atoms with E-state index < -0.39 is 0 Å². The Morgan fingerprint density at radius 3 is 2.44 bits per heavy atom. The van der Waals surface area contributed by atoms with E-state index in [0.717, 1.165) is 24.5 Å². The van der Waals surface area contributed by atoms with Gasteiger partial charge in [0, 0.05) is 51.4 Å². The molecule has 6 nitrogen and oxygen atoms in total. The van der Waals surface area contributed by atoms with Gasteiger partial charge in [-0.15, -0.1) is 0 Å². The van der Waals surface area contributed by atoms with E-state index in [0.29, 0.717) is 26.1 Å². The number of amides is 2. The number of nitrogens with zero attached hydrogens (tertiary/aromatic N) is 3. The van der Waals surface area contributed by atoms with E-state index in [1.807, 2.05) is 53.4 Å². The lowest BCUT2D eigenvalue weighted by atomic mass is 10.2. The Hall–Kier alpha value is -3.15. The average molecular weight is 364 g/mol. The van der Waals surface area contributed by atoms with E-state index in [9.17, 15) is 9.59 Å². The maximum atomic E-state index is 12.3. The molecular weight excluding hydrogens is 340 g/mol. The summed E-state index contributed by atoms with van der Waals surface area (Å²) in [5, 5.41) is 2.76. The monoisotopic (exact) mass is 364 g/mol. The number of rotatable bonds is 6. The van der Waals surface area contributed by atoms with Gasteiger partial charge in [-0.1, -0.05) is 36.4 Å². The van der Waals surface area contributed by atoms with Crippen molar-refractivity contribution in [2.45, 2.75) is 6.42 Å². The smallest absolute Gasteiger partial charge is 0.244 e. The van der Waals surface area contributed by atoms with Gasteiger partial charge in [0.2, 0.25) is 11.8 Å². The fourth-order valence-corrected chi connectivity index (χ4v) is 2.97. The van der Waals surface area contributed by atoms with Gasteiger partial charge in [-0.2, -0.15) is 0 Å². The summed E-state index contributed by atoms with van der Waals surface area (Å²) in [5.41, 5.74) is 0.967. The standard InChI is InChI=1S/C21H24N4O2/c26-20(10-9-18-6-2-1-3-7-18)23-13-11-21(27)25-16-14-24(15-17-25)19-8-4-5-12-22-19/h1-10,12H,11,13-17H2,(H,23,26)/b10-9+. The summed E-state index contributed by atoms with van der Waals surface area (Å²) in [6.45, 7) is 3.25. The molecule has 2 aromatic rings. The lowest BCUT2D eigenvalue weighted by Crippen LogP contribution is -2.49. The second-order valence-electron chi connectivity index (χ2n) is 6.34. The van der Waals surface area contributed by atoms with Crippen molar-refractivity contribution in [1.29, 1.82) is 0 Å². The Morgan fingerprint density at radius 1 is 1.00 bits per heavy atom. The van der Waals surface area contributed by atoms with Crippen LogP contribution in [0.3, 0.4) is 0 Å². The summed E-state index contributed by atoms with van der Waals surface area (Å²) >= 11 is 0. The van der Waals surface area contributed by atoms with Crippen molar-refractivity contribution in [3.8, 4) is 0 Å². The van der Waals surface area contributed by atoms with Gasteiger partial charge in [-0.05, 0) is 23.8 Å². The molecule has 1 aliphatic rings. The van der Waals surface area contributed by atoms with E-state index in [1.54, 1.807) is 12.3 Å². The number of benzene rings is 1. The number of aromatic nitrogens is 1. The molecule has 0 spiro atoms. The van der Waals surface area contributed by atoms with Gasteiger partial charge < -0.3 is 15.1 Å². The second kappa shape index (κ2) is 9.52. The first-order chi connectivity index (χ1) is 13.2. The number of hydrogen-bond donors (Lipinski definition) is 1. The number of nitrogens with one attached hydrogen (secondary N) is 1. The second-order valence-corrected chi connectivity index (χ2v) is 6.34. The number of carbonyl (C=O) groups excluding carboxylic acids is 2. The molecule has 1 aromatic carbocycles. The number of carbonyl (C=O) groups is 2. The van der Waals surface area contributed by atoms with E-state index in [4.69, 9.17) is 0 Å². The molecule has 1 N–H and O–H groups in total. The predicted molar refractivity (Wildman–Crippen MR) is 106 cm³/mol. The molecule has 1 fully saturated rings. The highest BCUT2D eigenvalue weighted by Gasteiger charge is 2.21. The largest absolute Gasteiger partial charge is 0.353 e. The number of pyridine rings is 1. The summed E-state index contributed by atoms with van der Waals surface area (Å²) in [7, 11) is 0. The minimum absolute atomic E-state index is 0.0722. The Morgan fingerprint density at radius 2 is 1.74 bits per heavy atom. The highest BCUT2D eigenvalue weighted by atomic mass is 16.2. The molecule has 2 heterocycles. The molecule has 6 heteroatoms. The molecule has 0 bridgehead atoms. The molecule has 2 amide bonds. The topological polar surface area (TPSA) is 65.5 Å². The van der Waals surface area contributed by atoms with Crippen LogP contribution in [0.4, 0.5) is 5.82 Å². The molecule has 3 rings (SSSR count). The van der Waals surface area contributed by atoms with Crippen molar-refractivity contribution < 1.29 is 9.59 Å². The lowest BCUT2D eigenvalue weighted by molar-refractivity contribution is -0.131. The summed E-state index contributed by atoms with van der Waals surface area (Å²) in [5.74, 6) is 0.830. The van der Waals surface area contributed by atoms with Crippen LogP contribution in [0.25, 0.3) is 6.08 Å². The Balaban J connectivity index is 1.36. The Bertz CT molecular complexity index is 769. The SMILES string of the molecule is O=C(/C=C/c1ccccc1)NCCC(=O)N1CCN(c2ccccn2)CC1. The van der Waals surface area contributed by atoms with Gasteiger partial charge in [-0.3, -0.25) is 9.59 Å². The predicted octanol–water partition coefficient (Wildman–Crippen LogP) is 1.95. The van der Waals surface area contributed by atoms with E-state index in [-0.39, 0.29) is 11.8 Å². The van der Waals surface area contributed by atoms with Crippen LogP contribution in [0.1, 0.15) is 12.0 Å². The maximum Gasteiger partial charge on any atom is 0.244 e. The van der Waals surface area contributed by atoms with Gasteiger partial charge in [0.05, 0.1) is 0 Å². The van der Waals surface area contributed by atoms with Crippen molar-refractivity contribution in [1.82, 2.24) is 15.2 Å². The number of hydrogen-bond acceptors (Lipinski definition) is 4. The molecule has 1 aliphatic heterocycles. The van der Waals surface area contributed by atoms with Gasteiger partial charge in [0.15, 0.2) is 0 Å². The Kier molecular flexibility index (Phi) is 6.57. The summed E-state index contributed by atoms with van der Waals surface area (Å²) < 4.78 is 0. The number of piperazine rings is 1. The van der Waals surface area contributed by atoms with Crippen LogP contribution in [0.5, 0.6) is 0 Å². The first kappa shape index (κ1) is 18.6. The van der Waals surface area contributed by atoms with Crippen LogP contribution in [-0.4, -0.2) is 54.4 Å². The van der Waals surface area contributed by atoms with Gasteiger partial charge in [0.1, 0.15) is 5.82 Å². The van der Waals surface area contributed by atoms with Crippen LogP contribution in [0, 0.1) is 0 Å². The zero-order chi connectivity index (χ0) is 18.9. The van der Waals surface area contributed by atoms with Crippen molar-refractivity contribution in [3.05, 3.63) is 66.4 Å². The quantitative estimate of drug-likeness (QED) is 0.796. The molecule has 1 saturated heterocycles. The highest BCUT2D eigenvalue weighted by Crippen LogP contribution is 2.12. The van der Waals surface area contributed by atoms with Crippen LogP contribution >= 0.6 is 0 Å². The lowest BCUT2D eigenvalue weighted by Gasteiger charge is -2.35. The minimum atomic E-state index is -0.188. The molecule has 140 valence electrons. The first-order valence-electron chi connectivity index (χ1n) is 9.17. The summed E-state index contributed by atoms with van der Waals surface area (Å²) in [6, 6.07) is 15.5. The summed E-state index contributed by atoms with van der Waals surface area (Å²) in [6.07, 6.45) is 5.34. The normalized spacial score (nSPS) is 14.4. The molecule has 27 heavy (non-hydrogen) atoms. The van der Waals surface area contributed by atoms with Crippen molar-refractivity contribution in [3.63, 3.8) is 0 Å². The van der Waals surface area contributed by atoms with Crippen molar-refractivity contribution in [2.75, 3.05) is 37.6 Å². The molecule has 0 unspecified atom stereocenters. The molecular formula is C21H24N4O2. The van der Waals surface area contributed by atoms with Gasteiger partial charge in [-0.25, -0.2) is 4.98 Å². The van der Waals surface area contributed by atoms with Crippen molar-refractivity contribution >= 4 is 23.7 Å². The van der Waals surface area contributed by atoms with E-state index in [2.05, 4.69) is 15.2 Å². The van der Waals surface area contributed by atoms with Crippen LogP contribution in [-0.2, 0) is 9.59 Å². The van der Waals surface area contributed by atoms with Crippen LogP contribution in [0.15, 0.2) is 60.8 Å². The van der Waals surface area contributed by atoms with Gasteiger partial charge >= 0.3 is 0 Å². The maximum absolute atomic E-state index is 12.3. The average Bonchev–Trinajstić information content (AvgIpc) is 2.74. The third kappa shape index (κ3) is 5.67. The molecule has 0 atom stereocenters. The molecule has 0 saturated carbocycles. The zero-order valence-corrected chi connectivity index (χ0v) is 15.3. The van der Waals surface area contributed by atoms with Crippen LogP contribution in [0.2, 0.25) is 0 Å². The molecule has 1 aromatic heterocycles. The first-order valence-corrected chi connectivity index (χ1v) is 9.17. The third-order valence-corrected chi connectivity index (χ3v) is 4.47. The Labute approximate surface area is 159 Å². The molecule has 0 aliphatic carbocycles. The van der Waals surface area contributed by atoms with Crippen molar-refractivity contribution in [2.24, 2.45) is 0 Å². The fraction of sp³-hybridized carbons (Fsp3) is 0.286. The third-order valence-electron chi connectivity index (χ3n) is 4.47. The zero-order valence-electron chi connectivity index (χ0n) is 15.3. The number of anilines is 1. The van der Waals surface area contributed by atoms with Gasteiger partial charge in [0.25, 0.3) is 0 Å².